The summed E-state index contributed by atoms with van der Waals surface area (Å²) in [7, 11) is 0. The van der Waals surface area contributed by atoms with Gasteiger partial charge in [-0.2, -0.15) is 13.2 Å². The Balaban J connectivity index is 1.80. The Kier molecular flexibility index (Phi) is 4.16. The van der Waals surface area contributed by atoms with Gasteiger partial charge < -0.3 is 10.1 Å². The second-order valence-electron chi connectivity index (χ2n) is 4.78. The Morgan fingerprint density at radius 1 is 1.26 bits per heavy atom. The molecule has 1 N–H and O–H groups in total. The van der Waals surface area contributed by atoms with Gasteiger partial charge in [0.05, 0.1) is 11.6 Å². The molecule has 1 aliphatic rings. The zero-order valence-electron chi connectivity index (χ0n) is 11.6. The van der Waals surface area contributed by atoms with Crippen LogP contribution in [0, 0.1) is 0 Å². The van der Waals surface area contributed by atoms with Crippen LogP contribution in [0.2, 0.25) is 0 Å². The number of rotatable bonds is 3. The molecule has 3 rings (SSSR count). The molecule has 0 saturated heterocycles. The Bertz CT molecular complexity index is 737. The summed E-state index contributed by atoms with van der Waals surface area (Å²) in [5, 5.41) is 2.32. The molecule has 1 aromatic carbocycles. The molecule has 2 heterocycles. The van der Waals surface area contributed by atoms with E-state index in [0.717, 1.165) is 5.56 Å². The number of carbonyl (C=O) groups excluding carboxylic acids is 1. The molecule has 1 aliphatic heterocycles. The zero-order chi connectivity index (χ0) is 16.4. The molecule has 0 spiro atoms. The van der Waals surface area contributed by atoms with Crippen LogP contribution >= 0.6 is 11.8 Å². The highest BCUT2D eigenvalue weighted by atomic mass is 32.2. The number of halogens is 3. The minimum atomic E-state index is -4.51. The number of nitrogens with zero attached hydrogens (tertiary/aromatic N) is 1. The van der Waals surface area contributed by atoms with Crippen molar-refractivity contribution in [3.63, 3.8) is 0 Å². The normalized spacial score (nSPS) is 16.6. The summed E-state index contributed by atoms with van der Waals surface area (Å²) in [6.45, 7) is 0.243. The molecule has 2 aromatic rings. The van der Waals surface area contributed by atoms with E-state index >= 15 is 0 Å². The van der Waals surface area contributed by atoms with E-state index in [1.807, 2.05) is 18.2 Å². The number of thioether (sulfide) groups is 1. The van der Waals surface area contributed by atoms with Crippen molar-refractivity contribution in [1.82, 2.24) is 10.3 Å². The minimum Gasteiger partial charge on any atom is -0.491 e. The van der Waals surface area contributed by atoms with E-state index in [1.165, 1.54) is 18.3 Å². The number of hydrogen-bond acceptors (Lipinski definition) is 4. The molecule has 0 bridgehead atoms. The molecule has 0 radical (unpaired) electrons. The van der Waals surface area contributed by atoms with Gasteiger partial charge in [-0.15, -0.1) is 0 Å². The quantitative estimate of drug-likeness (QED) is 0.868. The molecule has 0 fully saturated rings. The molecular weight excluding hydrogens is 329 g/mol. The van der Waals surface area contributed by atoms with Crippen LogP contribution in [0.1, 0.15) is 22.0 Å². The lowest BCUT2D eigenvalue weighted by molar-refractivity contribution is -0.0329. The van der Waals surface area contributed by atoms with Crippen molar-refractivity contribution >= 4 is 17.7 Å². The van der Waals surface area contributed by atoms with Gasteiger partial charge in [-0.05, 0) is 18.2 Å². The van der Waals surface area contributed by atoms with Crippen LogP contribution in [0.15, 0.2) is 47.6 Å². The summed E-state index contributed by atoms with van der Waals surface area (Å²) in [6.07, 6.45) is 1.22. The second kappa shape index (κ2) is 6.11. The van der Waals surface area contributed by atoms with Gasteiger partial charge in [0.25, 0.3) is 5.91 Å². The lowest BCUT2D eigenvalue weighted by Crippen LogP contribution is -2.30. The number of benzene rings is 1. The van der Waals surface area contributed by atoms with Gasteiger partial charge in [0.15, 0.2) is 0 Å². The highest BCUT2D eigenvalue weighted by Crippen LogP contribution is 2.37. The standard InChI is InChI=1S/C15H11F3N2O2S/c16-15(17,18)23-14-10(5-3-7-19-14)13(21)20-11-8-22-12-6-2-1-4-9(11)12/h1-7,11H,8H2,(H,20,21)/t11-/m1/s1. The number of fused-ring (bicyclic) bond motifs is 1. The predicted octanol–water partition coefficient (Wildman–Crippen LogP) is 3.56. The zero-order valence-corrected chi connectivity index (χ0v) is 12.4. The Morgan fingerprint density at radius 2 is 2.04 bits per heavy atom. The lowest BCUT2D eigenvalue weighted by atomic mass is 10.1. The Hall–Kier alpha value is -2.22. The Morgan fingerprint density at radius 3 is 2.83 bits per heavy atom. The van der Waals surface area contributed by atoms with Crippen LogP contribution < -0.4 is 10.1 Å². The number of carbonyl (C=O) groups is 1. The highest BCUT2D eigenvalue weighted by molar-refractivity contribution is 8.00. The molecule has 8 heteroatoms. The number of aromatic nitrogens is 1. The topological polar surface area (TPSA) is 51.2 Å². The third-order valence-electron chi connectivity index (χ3n) is 3.23. The number of ether oxygens (including phenoxy) is 1. The van der Waals surface area contributed by atoms with Crippen molar-refractivity contribution in [2.45, 2.75) is 16.6 Å². The Labute approximate surface area is 134 Å². The average Bonchev–Trinajstić information content (AvgIpc) is 2.89. The molecule has 1 atom stereocenters. The van der Waals surface area contributed by atoms with Gasteiger partial charge in [0.1, 0.15) is 17.4 Å². The van der Waals surface area contributed by atoms with E-state index in [1.54, 1.807) is 6.07 Å². The van der Waals surface area contributed by atoms with Crippen LogP contribution in [-0.2, 0) is 0 Å². The number of para-hydroxylation sites is 1. The first-order chi connectivity index (χ1) is 10.9. The maximum atomic E-state index is 12.6. The van der Waals surface area contributed by atoms with E-state index in [0.29, 0.717) is 5.75 Å². The largest absolute Gasteiger partial charge is 0.491 e. The van der Waals surface area contributed by atoms with Gasteiger partial charge in [-0.1, -0.05) is 18.2 Å². The number of amides is 1. The molecule has 1 amide bonds. The molecular formula is C15H11F3N2O2S. The summed E-state index contributed by atoms with van der Waals surface area (Å²) < 4.78 is 43.1. The maximum absolute atomic E-state index is 12.6. The van der Waals surface area contributed by atoms with Crippen LogP contribution in [0.25, 0.3) is 0 Å². The smallest absolute Gasteiger partial charge is 0.447 e. The third kappa shape index (κ3) is 3.58. The van der Waals surface area contributed by atoms with E-state index in [9.17, 15) is 18.0 Å². The predicted molar refractivity (Wildman–Crippen MR) is 78.3 cm³/mol. The van der Waals surface area contributed by atoms with Crippen molar-refractivity contribution < 1.29 is 22.7 Å². The van der Waals surface area contributed by atoms with E-state index in [-0.39, 0.29) is 17.2 Å². The van der Waals surface area contributed by atoms with Crippen LogP contribution in [0.4, 0.5) is 13.2 Å². The fourth-order valence-electron chi connectivity index (χ4n) is 2.27. The molecule has 23 heavy (non-hydrogen) atoms. The third-order valence-corrected chi connectivity index (χ3v) is 3.98. The summed E-state index contributed by atoms with van der Waals surface area (Å²) in [4.78, 5) is 16.0. The fourth-order valence-corrected chi connectivity index (χ4v) is 2.88. The molecule has 120 valence electrons. The van der Waals surface area contributed by atoms with E-state index in [4.69, 9.17) is 4.74 Å². The second-order valence-corrected chi connectivity index (χ2v) is 5.83. The highest BCUT2D eigenvalue weighted by Gasteiger charge is 2.33. The molecule has 1 aromatic heterocycles. The molecule has 0 saturated carbocycles. The van der Waals surface area contributed by atoms with Gasteiger partial charge in [0, 0.05) is 23.5 Å². The van der Waals surface area contributed by atoms with Crippen molar-refractivity contribution in [2.24, 2.45) is 0 Å². The first-order valence-corrected chi connectivity index (χ1v) is 7.49. The summed E-state index contributed by atoms with van der Waals surface area (Å²) in [5.74, 6) is 0.0454. The van der Waals surface area contributed by atoms with E-state index < -0.39 is 29.2 Å². The van der Waals surface area contributed by atoms with Crippen LogP contribution in [0.3, 0.4) is 0 Å². The minimum absolute atomic E-state index is 0.112. The monoisotopic (exact) mass is 340 g/mol. The summed E-state index contributed by atoms with van der Waals surface area (Å²) in [5.41, 5.74) is -3.82. The van der Waals surface area contributed by atoms with Crippen molar-refractivity contribution in [2.75, 3.05) is 6.61 Å². The number of pyridine rings is 1. The van der Waals surface area contributed by atoms with Crippen molar-refractivity contribution in [1.29, 1.82) is 0 Å². The van der Waals surface area contributed by atoms with Crippen molar-refractivity contribution in [3.8, 4) is 5.75 Å². The lowest BCUT2D eigenvalue weighted by Gasteiger charge is -2.14. The molecule has 0 unspecified atom stereocenters. The SMILES string of the molecule is O=C(N[C@@H]1COc2ccccc21)c1cccnc1SC(F)(F)F. The van der Waals surface area contributed by atoms with Crippen LogP contribution in [-0.4, -0.2) is 23.0 Å². The fraction of sp³-hybridized carbons (Fsp3) is 0.200. The molecule has 4 nitrogen and oxygen atoms in total. The van der Waals surface area contributed by atoms with Gasteiger partial charge in [-0.25, -0.2) is 4.98 Å². The molecule has 0 aliphatic carbocycles. The van der Waals surface area contributed by atoms with E-state index in [2.05, 4.69) is 10.3 Å². The van der Waals surface area contributed by atoms with Crippen LogP contribution in [0.5, 0.6) is 5.75 Å². The van der Waals surface area contributed by atoms with Gasteiger partial charge in [0.2, 0.25) is 0 Å². The first kappa shape index (κ1) is 15.7. The summed E-state index contributed by atoms with van der Waals surface area (Å²) >= 11 is -0.404. The maximum Gasteiger partial charge on any atom is 0.447 e. The van der Waals surface area contributed by atoms with Crippen molar-refractivity contribution in [3.05, 3.63) is 53.7 Å². The van der Waals surface area contributed by atoms with Gasteiger partial charge >= 0.3 is 5.51 Å². The average molecular weight is 340 g/mol. The first-order valence-electron chi connectivity index (χ1n) is 6.67. The number of nitrogens with one attached hydrogen (secondary N) is 1. The van der Waals surface area contributed by atoms with Gasteiger partial charge in [-0.3, -0.25) is 4.79 Å². The summed E-state index contributed by atoms with van der Waals surface area (Å²) in [6, 6.07) is 9.54. The number of hydrogen-bond donors (Lipinski definition) is 1. The number of alkyl halides is 3.